The minimum atomic E-state index is 0.582. The van der Waals surface area contributed by atoms with Gasteiger partial charge in [-0.25, -0.2) is 0 Å². The van der Waals surface area contributed by atoms with Gasteiger partial charge >= 0.3 is 0 Å². The molecule has 0 aromatic heterocycles. The Kier molecular flexibility index (Phi) is 3.27. The van der Waals surface area contributed by atoms with Gasteiger partial charge in [0.15, 0.2) is 0 Å². The molecule has 1 heterocycles. The SMILES string of the molecule is Nc1ccc(OCc2ccc3c(c2)NCCC3)cc1. The lowest BCUT2D eigenvalue weighted by Crippen LogP contribution is -2.12. The molecule has 2 aromatic rings. The number of anilines is 2. The molecule has 0 amide bonds. The first-order valence-electron chi connectivity index (χ1n) is 6.65. The van der Waals surface area contributed by atoms with E-state index in [0.717, 1.165) is 18.0 Å². The van der Waals surface area contributed by atoms with Gasteiger partial charge in [-0.3, -0.25) is 0 Å². The molecule has 2 aromatic carbocycles. The van der Waals surface area contributed by atoms with Crippen molar-refractivity contribution in [1.29, 1.82) is 0 Å². The van der Waals surface area contributed by atoms with Crippen LogP contribution in [0.25, 0.3) is 0 Å². The summed E-state index contributed by atoms with van der Waals surface area (Å²) >= 11 is 0. The first-order valence-corrected chi connectivity index (χ1v) is 6.65. The normalized spacial score (nSPS) is 13.5. The van der Waals surface area contributed by atoms with Gasteiger partial charge in [0.05, 0.1) is 0 Å². The highest BCUT2D eigenvalue weighted by Crippen LogP contribution is 2.24. The molecule has 1 aliphatic heterocycles. The fourth-order valence-electron chi connectivity index (χ4n) is 2.33. The Morgan fingerprint density at radius 2 is 1.95 bits per heavy atom. The largest absolute Gasteiger partial charge is 0.489 e. The standard InChI is InChI=1S/C16H18N2O/c17-14-5-7-15(8-6-14)19-11-12-3-4-13-2-1-9-18-16(13)10-12/h3-8,10,18H,1-2,9,11,17H2. The lowest BCUT2D eigenvalue weighted by atomic mass is 10.0. The number of fused-ring (bicyclic) bond motifs is 1. The van der Waals surface area contributed by atoms with Crippen molar-refractivity contribution in [3.63, 3.8) is 0 Å². The van der Waals surface area contributed by atoms with Crippen LogP contribution in [0.15, 0.2) is 42.5 Å². The maximum atomic E-state index is 5.75. The number of rotatable bonds is 3. The molecule has 0 bridgehead atoms. The van der Waals surface area contributed by atoms with Crippen molar-refractivity contribution in [2.45, 2.75) is 19.4 Å². The van der Waals surface area contributed by atoms with E-state index in [0.29, 0.717) is 6.61 Å². The first kappa shape index (κ1) is 11.9. The van der Waals surface area contributed by atoms with Crippen LogP contribution in [0.2, 0.25) is 0 Å². The molecular formula is C16H18N2O. The molecule has 0 saturated carbocycles. The van der Waals surface area contributed by atoms with Gasteiger partial charge < -0.3 is 15.8 Å². The van der Waals surface area contributed by atoms with Crippen molar-refractivity contribution >= 4 is 11.4 Å². The summed E-state index contributed by atoms with van der Waals surface area (Å²) in [5.74, 6) is 0.847. The summed E-state index contributed by atoms with van der Waals surface area (Å²) in [4.78, 5) is 0. The van der Waals surface area contributed by atoms with E-state index in [-0.39, 0.29) is 0 Å². The van der Waals surface area contributed by atoms with E-state index in [9.17, 15) is 0 Å². The smallest absolute Gasteiger partial charge is 0.119 e. The topological polar surface area (TPSA) is 47.3 Å². The van der Waals surface area contributed by atoms with Crippen molar-refractivity contribution < 1.29 is 4.74 Å². The average Bonchev–Trinajstić information content (AvgIpc) is 2.46. The van der Waals surface area contributed by atoms with Crippen molar-refractivity contribution in [2.24, 2.45) is 0 Å². The fraction of sp³-hybridized carbons (Fsp3) is 0.250. The number of benzene rings is 2. The summed E-state index contributed by atoms with van der Waals surface area (Å²) in [6.07, 6.45) is 2.38. The third-order valence-electron chi connectivity index (χ3n) is 3.40. The number of aryl methyl sites for hydroxylation is 1. The van der Waals surface area contributed by atoms with Crippen LogP contribution in [0.4, 0.5) is 11.4 Å². The van der Waals surface area contributed by atoms with Crippen molar-refractivity contribution in [2.75, 3.05) is 17.6 Å². The zero-order chi connectivity index (χ0) is 13.1. The fourth-order valence-corrected chi connectivity index (χ4v) is 2.33. The Morgan fingerprint density at radius 3 is 2.79 bits per heavy atom. The zero-order valence-electron chi connectivity index (χ0n) is 10.9. The highest BCUT2D eigenvalue weighted by Gasteiger charge is 2.08. The molecule has 3 N–H and O–H groups in total. The predicted molar refractivity (Wildman–Crippen MR) is 78.4 cm³/mol. The Bertz CT molecular complexity index is 563. The van der Waals surface area contributed by atoms with Crippen LogP contribution in [0.1, 0.15) is 17.5 Å². The van der Waals surface area contributed by atoms with Crippen LogP contribution >= 0.6 is 0 Å². The van der Waals surface area contributed by atoms with Gasteiger partial charge in [-0.2, -0.15) is 0 Å². The number of hydrogen-bond acceptors (Lipinski definition) is 3. The minimum absolute atomic E-state index is 0.582. The molecule has 19 heavy (non-hydrogen) atoms. The van der Waals surface area contributed by atoms with Gasteiger partial charge in [0.25, 0.3) is 0 Å². The van der Waals surface area contributed by atoms with Crippen LogP contribution < -0.4 is 15.8 Å². The quantitative estimate of drug-likeness (QED) is 0.827. The predicted octanol–water partition coefficient (Wildman–Crippen LogP) is 3.21. The van der Waals surface area contributed by atoms with Crippen LogP contribution in [0.3, 0.4) is 0 Å². The third-order valence-corrected chi connectivity index (χ3v) is 3.40. The summed E-state index contributed by atoms with van der Waals surface area (Å²) in [7, 11) is 0. The molecule has 0 saturated heterocycles. The summed E-state index contributed by atoms with van der Waals surface area (Å²) in [5, 5.41) is 3.44. The Morgan fingerprint density at radius 1 is 1.11 bits per heavy atom. The molecule has 0 aliphatic carbocycles. The van der Waals surface area contributed by atoms with Gasteiger partial charge in [-0.1, -0.05) is 12.1 Å². The average molecular weight is 254 g/mol. The highest BCUT2D eigenvalue weighted by molar-refractivity contribution is 5.54. The van der Waals surface area contributed by atoms with Crippen molar-refractivity contribution in [1.82, 2.24) is 0 Å². The lowest BCUT2D eigenvalue weighted by Gasteiger charge is -2.18. The van der Waals surface area contributed by atoms with Crippen molar-refractivity contribution in [3.8, 4) is 5.75 Å². The zero-order valence-corrected chi connectivity index (χ0v) is 10.9. The molecule has 1 aliphatic rings. The number of nitrogen functional groups attached to an aromatic ring is 1. The number of ether oxygens (including phenoxy) is 1. The molecule has 0 atom stereocenters. The number of nitrogens with two attached hydrogens (primary N) is 1. The van der Waals surface area contributed by atoms with E-state index in [1.807, 2.05) is 24.3 Å². The van der Waals surface area contributed by atoms with Crippen LogP contribution in [0.5, 0.6) is 5.75 Å². The highest BCUT2D eigenvalue weighted by atomic mass is 16.5. The van der Waals surface area contributed by atoms with E-state index in [1.54, 1.807) is 0 Å². The molecule has 3 heteroatoms. The summed E-state index contributed by atoms with van der Waals surface area (Å²) < 4.78 is 5.75. The van der Waals surface area contributed by atoms with Gasteiger partial charge in [-0.05, 0) is 54.3 Å². The van der Waals surface area contributed by atoms with E-state index < -0.39 is 0 Å². The summed E-state index contributed by atoms with van der Waals surface area (Å²) in [6, 6.07) is 14.0. The second-order valence-electron chi connectivity index (χ2n) is 4.88. The van der Waals surface area contributed by atoms with Gasteiger partial charge in [0.1, 0.15) is 12.4 Å². The van der Waals surface area contributed by atoms with Gasteiger partial charge in [0.2, 0.25) is 0 Å². The maximum Gasteiger partial charge on any atom is 0.119 e. The van der Waals surface area contributed by atoms with E-state index in [2.05, 4.69) is 23.5 Å². The van der Waals surface area contributed by atoms with Gasteiger partial charge in [-0.15, -0.1) is 0 Å². The second kappa shape index (κ2) is 5.22. The van der Waals surface area contributed by atoms with Crippen LogP contribution in [0, 0.1) is 0 Å². The molecule has 3 rings (SSSR count). The summed E-state index contributed by atoms with van der Waals surface area (Å²) in [6.45, 7) is 1.65. The van der Waals surface area contributed by atoms with Crippen molar-refractivity contribution in [3.05, 3.63) is 53.6 Å². The van der Waals surface area contributed by atoms with E-state index in [4.69, 9.17) is 10.5 Å². The molecule has 0 unspecified atom stereocenters. The molecule has 0 fully saturated rings. The molecule has 0 radical (unpaired) electrons. The number of nitrogens with one attached hydrogen (secondary N) is 1. The van der Waals surface area contributed by atoms with Crippen LogP contribution in [-0.4, -0.2) is 6.54 Å². The molecule has 98 valence electrons. The minimum Gasteiger partial charge on any atom is -0.489 e. The number of hydrogen-bond donors (Lipinski definition) is 2. The third kappa shape index (κ3) is 2.81. The Balaban J connectivity index is 1.68. The Hall–Kier alpha value is -2.16. The van der Waals surface area contributed by atoms with E-state index in [1.165, 1.54) is 29.7 Å². The second-order valence-corrected chi connectivity index (χ2v) is 4.88. The van der Waals surface area contributed by atoms with E-state index >= 15 is 0 Å². The molecular weight excluding hydrogens is 236 g/mol. The lowest BCUT2D eigenvalue weighted by molar-refractivity contribution is 0.306. The Labute approximate surface area is 113 Å². The maximum absolute atomic E-state index is 5.75. The van der Waals surface area contributed by atoms with Crippen LogP contribution in [-0.2, 0) is 13.0 Å². The monoisotopic (exact) mass is 254 g/mol. The summed E-state index contributed by atoms with van der Waals surface area (Å²) in [5.41, 5.74) is 10.2. The molecule has 3 nitrogen and oxygen atoms in total. The molecule has 0 spiro atoms. The van der Waals surface area contributed by atoms with Gasteiger partial charge in [0, 0.05) is 17.9 Å². The first-order chi connectivity index (χ1) is 9.31.